The largest absolute Gasteiger partial charge is 0.573 e. The molecule has 1 N–H and O–H groups in total. The van der Waals surface area contributed by atoms with E-state index in [2.05, 4.69) is 31.0 Å². The van der Waals surface area contributed by atoms with E-state index in [1.807, 2.05) is 12.3 Å². The van der Waals surface area contributed by atoms with Gasteiger partial charge >= 0.3 is 6.36 Å². The number of hydrogen-bond donors (Lipinski definition) is 1. The molecule has 0 spiro atoms. The van der Waals surface area contributed by atoms with Gasteiger partial charge < -0.3 is 10.1 Å². The van der Waals surface area contributed by atoms with Crippen LogP contribution in [0.1, 0.15) is 16.3 Å². The van der Waals surface area contributed by atoms with E-state index in [1.165, 1.54) is 6.07 Å². The number of ether oxygens (including phenoxy) is 1. The maximum absolute atomic E-state index is 12.2. The number of benzene rings is 1. The second-order valence-electron chi connectivity index (χ2n) is 4.30. The lowest BCUT2D eigenvalue weighted by Crippen LogP contribution is -2.17. The molecule has 8 heteroatoms. The zero-order chi connectivity index (χ0) is 15.5. The van der Waals surface area contributed by atoms with Gasteiger partial charge in [0.1, 0.15) is 10.8 Å². The molecule has 21 heavy (non-hydrogen) atoms. The summed E-state index contributed by atoms with van der Waals surface area (Å²) in [6, 6.07) is 4.48. The Kier molecular flexibility index (Phi) is 5.23. The minimum absolute atomic E-state index is 0.248. The van der Waals surface area contributed by atoms with Gasteiger partial charge in [-0.1, -0.05) is 6.07 Å². The molecule has 0 radical (unpaired) electrons. The van der Waals surface area contributed by atoms with Crippen LogP contribution in [0.5, 0.6) is 5.75 Å². The van der Waals surface area contributed by atoms with E-state index >= 15 is 0 Å². The molecule has 1 aromatic heterocycles. The quantitative estimate of drug-likeness (QED) is 0.834. The molecular weight excluding hydrogens is 369 g/mol. The Labute approximate surface area is 132 Å². The third-order valence-corrected chi connectivity index (χ3v) is 4.08. The van der Waals surface area contributed by atoms with Crippen molar-refractivity contribution in [2.75, 3.05) is 0 Å². The summed E-state index contributed by atoms with van der Waals surface area (Å²) in [5, 5.41) is 6.13. The number of aryl methyl sites for hydroxylation is 1. The van der Waals surface area contributed by atoms with E-state index in [0.717, 1.165) is 16.3 Å². The number of nitrogens with one attached hydrogen (secondary N) is 1. The average molecular weight is 381 g/mol. The van der Waals surface area contributed by atoms with Crippen molar-refractivity contribution in [1.29, 1.82) is 0 Å². The van der Waals surface area contributed by atoms with Crippen molar-refractivity contribution < 1.29 is 17.9 Å². The van der Waals surface area contributed by atoms with Gasteiger partial charge in [0, 0.05) is 24.2 Å². The first-order valence-electron chi connectivity index (χ1n) is 5.99. The number of rotatable bonds is 5. The SMILES string of the molecule is Cc1csc(CNCc2ccc(OC(F)(F)F)c(Br)c2)n1. The van der Waals surface area contributed by atoms with E-state index in [1.54, 1.807) is 23.5 Å². The molecule has 0 aliphatic rings. The number of alkyl halides is 3. The molecule has 114 valence electrons. The molecule has 0 fully saturated rings. The van der Waals surface area contributed by atoms with Crippen molar-refractivity contribution in [1.82, 2.24) is 10.3 Å². The monoisotopic (exact) mass is 380 g/mol. The smallest absolute Gasteiger partial charge is 0.405 e. The van der Waals surface area contributed by atoms with Crippen molar-refractivity contribution >= 4 is 27.3 Å². The summed E-state index contributed by atoms with van der Waals surface area (Å²) in [5.41, 5.74) is 1.83. The van der Waals surface area contributed by atoms with Crippen LogP contribution in [-0.4, -0.2) is 11.3 Å². The Balaban J connectivity index is 1.91. The molecule has 1 aromatic carbocycles. The Bertz CT molecular complexity index is 616. The molecule has 0 bridgehead atoms. The van der Waals surface area contributed by atoms with Gasteiger partial charge in [0.05, 0.1) is 4.47 Å². The molecule has 0 atom stereocenters. The van der Waals surface area contributed by atoms with Crippen LogP contribution in [0.25, 0.3) is 0 Å². The fraction of sp³-hybridized carbons (Fsp3) is 0.308. The summed E-state index contributed by atoms with van der Waals surface area (Å²) in [7, 11) is 0. The van der Waals surface area contributed by atoms with Crippen LogP contribution in [0.3, 0.4) is 0 Å². The standard InChI is InChI=1S/C13H12BrF3N2OS/c1-8-7-21-12(19-8)6-18-5-9-2-3-11(10(14)4-9)20-13(15,16)17/h2-4,7,18H,5-6H2,1H3. The van der Waals surface area contributed by atoms with Crippen molar-refractivity contribution in [2.24, 2.45) is 0 Å². The maximum Gasteiger partial charge on any atom is 0.573 e. The first-order valence-corrected chi connectivity index (χ1v) is 7.66. The number of nitrogens with zero attached hydrogens (tertiary/aromatic N) is 1. The predicted octanol–water partition coefficient (Wildman–Crippen LogP) is 4.40. The highest BCUT2D eigenvalue weighted by molar-refractivity contribution is 9.10. The van der Waals surface area contributed by atoms with Crippen molar-refractivity contribution in [3.63, 3.8) is 0 Å². The molecule has 0 unspecified atom stereocenters. The third kappa shape index (κ3) is 5.29. The third-order valence-electron chi connectivity index (χ3n) is 2.49. The molecule has 0 aliphatic heterocycles. The van der Waals surface area contributed by atoms with Crippen LogP contribution in [0.2, 0.25) is 0 Å². The Morgan fingerprint density at radius 1 is 1.33 bits per heavy atom. The molecule has 1 heterocycles. The van der Waals surface area contributed by atoms with E-state index in [0.29, 0.717) is 13.1 Å². The number of aromatic nitrogens is 1. The van der Waals surface area contributed by atoms with Crippen molar-refractivity contribution in [3.8, 4) is 5.75 Å². The zero-order valence-corrected chi connectivity index (χ0v) is 13.4. The van der Waals surface area contributed by atoms with Gasteiger partial charge in [0.2, 0.25) is 0 Å². The lowest BCUT2D eigenvalue weighted by atomic mass is 10.2. The summed E-state index contributed by atoms with van der Waals surface area (Å²) in [4.78, 5) is 4.32. The Hall–Kier alpha value is -1.12. The highest BCUT2D eigenvalue weighted by Gasteiger charge is 2.31. The topological polar surface area (TPSA) is 34.1 Å². The highest BCUT2D eigenvalue weighted by atomic mass is 79.9. The van der Waals surface area contributed by atoms with E-state index in [9.17, 15) is 13.2 Å². The minimum Gasteiger partial charge on any atom is -0.405 e. The van der Waals surface area contributed by atoms with Crippen LogP contribution < -0.4 is 10.1 Å². The Morgan fingerprint density at radius 2 is 2.10 bits per heavy atom. The molecule has 2 aromatic rings. The zero-order valence-electron chi connectivity index (χ0n) is 11.0. The normalized spacial score (nSPS) is 11.7. The fourth-order valence-corrected chi connectivity index (χ4v) is 2.91. The summed E-state index contributed by atoms with van der Waals surface area (Å²) in [6.45, 7) is 3.08. The van der Waals surface area contributed by atoms with Gasteiger partial charge in [0.25, 0.3) is 0 Å². The van der Waals surface area contributed by atoms with Gasteiger partial charge in [-0.15, -0.1) is 24.5 Å². The van der Waals surface area contributed by atoms with Gasteiger partial charge in [-0.3, -0.25) is 0 Å². The molecule has 0 saturated carbocycles. The predicted molar refractivity (Wildman–Crippen MR) is 78.2 cm³/mol. The lowest BCUT2D eigenvalue weighted by molar-refractivity contribution is -0.274. The van der Waals surface area contributed by atoms with Crippen LogP contribution in [0, 0.1) is 6.92 Å². The molecule has 0 aliphatic carbocycles. The van der Waals surface area contributed by atoms with E-state index in [-0.39, 0.29) is 10.2 Å². The minimum atomic E-state index is -4.69. The fourth-order valence-electron chi connectivity index (χ4n) is 1.66. The van der Waals surface area contributed by atoms with Crippen LogP contribution in [-0.2, 0) is 13.1 Å². The maximum atomic E-state index is 12.2. The van der Waals surface area contributed by atoms with Crippen molar-refractivity contribution in [2.45, 2.75) is 26.4 Å². The number of hydrogen-bond acceptors (Lipinski definition) is 4. The number of halogens is 4. The van der Waals surface area contributed by atoms with Gasteiger partial charge in [0.15, 0.2) is 0 Å². The van der Waals surface area contributed by atoms with Crippen LogP contribution in [0.4, 0.5) is 13.2 Å². The van der Waals surface area contributed by atoms with Gasteiger partial charge in [-0.2, -0.15) is 0 Å². The summed E-state index contributed by atoms with van der Waals surface area (Å²) >= 11 is 4.65. The lowest BCUT2D eigenvalue weighted by Gasteiger charge is -2.11. The number of thiazole rings is 1. The van der Waals surface area contributed by atoms with Crippen LogP contribution in [0.15, 0.2) is 28.1 Å². The molecule has 0 saturated heterocycles. The van der Waals surface area contributed by atoms with Gasteiger partial charge in [-0.05, 0) is 40.5 Å². The van der Waals surface area contributed by atoms with Crippen LogP contribution >= 0.6 is 27.3 Å². The first-order chi connectivity index (χ1) is 9.83. The molecular formula is C13H12BrF3N2OS. The van der Waals surface area contributed by atoms with Gasteiger partial charge in [-0.25, -0.2) is 4.98 Å². The first kappa shape index (κ1) is 16.3. The summed E-state index contributed by atoms with van der Waals surface area (Å²) < 4.78 is 40.6. The van der Waals surface area contributed by atoms with E-state index < -0.39 is 6.36 Å². The molecule has 2 rings (SSSR count). The second kappa shape index (κ2) is 6.76. The van der Waals surface area contributed by atoms with E-state index in [4.69, 9.17) is 0 Å². The Morgan fingerprint density at radius 3 is 2.67 bits per heavy atom. The molecule has 0 amide bonds. The average Bonchev–Trinajstić information content (AvgIpc) is 2.77. The highest BCUT2D eigenvalue weighted by Crippen LogP contribution is 2.31. The summed E-state index contributed by atoms with van der Waals surface area (Å²) in [6.07, 6.45) is -4.69. The molecule has 3 nitrogen and oxygen atoms in total. The summed E-state index contributed by atoms with van der Waals surface area (Å²) in [5.74, 6) is -0.248. The van der Waals surface area contributed by atoms with Crippen molar-refractivity contribution in [3.05, 3.63) is 44.3 Å². The second-order valence-corrected chi connectivity index (χ2v) is 6.10.